The maximum Gasteiger partial charge on any atom is 0.165 e. The summed E-state index contributed by atoms with van der Waals surface area (Å²) in [5, 5.41) is 0. The van der Waals surface area contributed by atoms with E-state index >= 15 is 0 Å². The van der Waals surface area contributed by atoms with E-state index in [0.29, 0.717) is 11.2 Å². The van der Waals surface area contributed by atoms with Gasteiger partial charge in [0, 0.05) is 44.0 Å². The Hall–Kier alpha value is -2.21. The van der Waals surface area contributed by atoms with Crippen molar-refractivity contribution < 1.29 is 13.9 Å². The van der Waals surface area contributed by atoms with Crippen LogP contribution in [0.15, 0.2) is 36.4 Å². The first-order valence-corrected chi connectivity index (χ1v) is 9.29. The lowest BCUT2D eigenvalue weighted by molar-refractivity contribution is 0.225. The normalized spacial score (nSPS) is 16.7. The molecule has 2 radical (unpaired) electrons. The third-order valence-electron chi connectivity index (χ3n) is 5.32. The molecule has 1 fully saturated rings. The van der Waals surface area contributed by atoms with Crippen LogP contribution in [0.5, 0.6) is 11.5 Å². The minimum atomic E-state index is -0.313. The van der Waals surface area contributed by atoms with Gasteiger partial charge in [-0.2, -0.15) is 0 Å². The fourth-order valence-corrected chi connectivity index (χ4v) is 3.63. The van der Waals surface area contributed by atoms with E-state index in [0.717, 1.165) is 43.9 Å². The Morgan fingerprint density at radius 2 is 1.74 bits per heavy atom. The highest BCUT2D eigenvalue weighted by Gasteiger charge is 2.21. The van der Waals surface area contributed by atoms with E-state index in [1.807, 2.05) is 24.3 Å². The summed E-state index contributed by atoms with van der Waals surface area (Å²) in [5.41, 5.74) is 2.73. The molecule has 1 atom stereocenters. The number of nitrogens with zero attached hydrogens (tertiary/aromatic N) is 2. The van der Waals surface area contributed by atoms with Crippen LogP contribution < -0.4 is 19.8 Å². The van der Waals surface area contributed by atoms with Gasteiger partial charge in [-0.25, -0.2) is 4.39 Å². The second kappa shape index (κ2) is 8.66. The highest BCUT2D eigenvalue weighted by Crippen LogP contribution is 2.27. The van der Waals surface area contributed by atoms with Gasteiger partial charge in [0.15, 0.2) is 11.6 Å². The summed E-state index contributed by atoms with van der Waals surface area (Å²) in [7, 11) is 9.05. The summed E-state index contributed by atoms with van der Waals surface area (Å²) in [6.45, 7) is 5.87. The van der Waals surface area contributed by atoms with Gasteiger partial charge in [-0.15, -0.1) is 0 Å². The van der Waals surface area contributed by atoms with E-state index in [9.17, 15) is 4.39 Å². The van der Waals surface area contributed by atoms with E-state index in [2.05, 4.69) is 16.7 Å². The van der Waals surface area contributed by atoms with Gasteiger partial charge in [0.05, 0.1) is 14.2 Å². The molecule has 0 spiro atoms. The number of methoxy groups -OCH3 is 2. The van der Waals surface area contributed by atoms with Crippen LogP contribution in [0.25, 0.3) is 0 Å². The van der Waals surface area contributed by atoms with Crippen LogP contribution in [0.1, 0.15) is 24.9 Å². The van der Waals surface area contributed by atoms with Gasteiger partial charge in [-0.05, 0) is 37.1 Å². The third kappa shape index (κ3) is 4.38. The fourth-order valence-electron chi connectivity index (χ4n) is 3.63. The number of halogens is 1. The van der Waals surface area contributed by atoms with Crippen molar-refractivity contribution in [2.75, 3.05) is 45.3 Å². The van der Waals surface area contributed by atoms with E-state index in [1.54, 1.807) is 19.2 Å². The van der Waals surface area contributed by atoms with E-state index in [4.69, 9.17) is 17.3 Å². The number of benzene rings is 2. The highest BCUT2D eigenvalue weighted by atomic mass is 19.1. The number of hydrogen-bond acceptors (Lipinski definition) is 4. The van der Waals surface area contributed by atoms with Gasteiger partial charge in [0.25, 0.3) is 0 Å². The SMILES string of the molecule is [B]c1ccc(N2CCCN(C(C)c3ccc(OC)c(F)c3)CC2)cc1OC. The summed E-state index contributed by atoms with van der Waals surface area (Å²) in [5.74, 6) is 0.674. The molecule has 0 aliphatic carbocycles. The Labute approximate surface area is 162 Å². The van der Waals surface area contributed by atoms with Crippen molar-refractivity contribution >= 4 is 19.0 Å². The summed E-state index contributed by atoms with van der Waals surface area (Å²) in [6.07, 6.45) is 1.04. The van der Waals surface area contributed by atoms with Crippen LogP contribution in [0.2, 0.25) is 0 Å². The first kappa shape index (κ1) is 19.6. The monoisotopic (exact) mass is 368 g/mol. The second-order valence-electron chi connectivity index (χ2n) is 6.87. The standard InChI is InChI=1S/C21H26BFN2O2/c1-15(16-5-8-20(26-2)19(23)13-16)24-9-4-10-25(12-11-24)17-6-7-18(22)21(14-17)27-3/h5-8,13-15H,4,9-12H2,1-3H3. The number of hydrogen-bond donors (Lipinski definition) is 0. The zero-order chi connectivity index (χ0) is 19.4. The molecule has 0 aromatic heterocycles. The van der Waals surface area contributed by atoms with Crippen LogP contribution in [-0.2, 0) is 0 Å². The zero-order valence-electron chi connectivity index (χ0n) is 16.2. The molecule has 1 heterocycles. The molecule has 1 unspecified atom stereocenters. The van der Waals surface area contributed by atoms with Crippen LogP contribution in [0.4, 0.5) is 10.1 Å². The van der Waals surface area contributed by atoms with Gasteiger partial charge in [-0.3, -0.25) is 4.90 Å². The largest absolute Gasteiger partial charge is 0.497 e. The number of rotatable bonds is 5. The Kier molecular flexibility index (Phi) is 6.27. The maximum absolute atomic E-state index is 14.1. The van der Waals surface area contributed by atoms with Crippen LogP contribution in [0, 0.1) is 5.82 Å². The van der Waals surface area contributed by atoms with E-state index < -0.39 is 0 Å². The molecule has 1 aliphatic rings. The van der Waals surface area contributed by atoms with E-state index in [-0.39, 0.29) is 17.6 Å². The lowest BCUT2D eigenvalue weighted by Crippen LogP contribution is -2.32. The van der Waals surface area contributed by atoms with Crippen molar-refractivity contribution in [3.05, 3.63) is 47.8 Å². The predicted molar refractivity (Wildman–Crippen MR) is 108 cm³/mol. The average molecular weight is 368 g/mol. The minimum absolute atomic E-state index is 0.145. The molecule has 0 saturated carbocycles. The van der Waals surface area contributed by atoms with Gasteiger partial charge in [0.1, 0.15) is 13.6 Å². The van der Waals surface area contributed by atoms with Crippen molar-refractivity contribution in [1.29, 1.82) is 0 Å². The molecule has 2 aromatic carbocycles. The number of ether oxygens (including phenoxy) is 2. The van der Waals surface area contributed by atoms with Crippen molar-refractivity contribution in [2.45, 2.75) is 19.4 Å². The molecule has 27 heavy (non-hydrogen) atoms. The molecule has 2 aromatic rings. The zero-order valence-corrected chi connectivity index (χ0v) is 16.2. The molecule has 6 heteroatoms. The molecule has 1 saturated heterocycles. The average Bonchev–Trinajstić information content (AvgIpc) is 2.94. The molecule has 142 valence electrons. The molecular weight excluding hydrogens is 342 g/mol. The van der Waals surface area contributed by atoms with Crippen LogP contribution in [-0.4, -0.2) is 53.1 Å². The Morgan fingerprint density at radius 3 is 2.44 bits per heavy atom. The smallest absolute Gasteiger partial charge is 0.165 e. The first-order chi connectivity index (χ1) is 13.0. The topological polar surface area (TPSA) is 24.9 Å². The Balaban J connectivity index is 1.70. The molecule has 0 amide bonds. The fraction of sp³-hybridized carbons (Fsp3) is 0.429. The quantitative estimate of drug-likeness (QED) is 0.758. The second-order valence-corrected chi connectivity index (χ2v) is 6.87. The van der Waals surface area contributed by atoms with Gasteiger partial charge >= 0.3 is 0 Å². The molecule has 3 rings (SSSR count). The molecule has 0 N–H and O–H groups in total. The Morgan fingerprint density at radius 1 is 0.963 bits per heavy atom. The minimum Gasteiger partial charge on any atom is -0.497 e. The van der Waals surface area contributed by atoms with Crippen LogP contribution >= 0.6 is 0 Å². The van der Waals surface area contributed by atoms with Crippen molar-refractivity contribution in [2.24, 2.45) is 0 Å². The summed E-state index contributed by atoms with van der Waals surface area (Å²) >= 11 is 0. The lowest BCUT2D eigenvalue weighted by Gasteiger charge is -2.29. The van der Waals surface area contributed by atoms with Crippen molar-refractivity contribution in [3.63, 3.8) is 0 Å². The third-order valence-corrected chi connectivity index (χ3v) is 5.32. The summed E-state index contributed by atoms with van der Waals surface area (Å²) in [6, 6.07) is 11.3. The Bertz CT molecular complexity index is 787. The summed E-state index contributed by atoms with van der Waals surface area (Å²) < 4.78 is 24.4. The first-order valence-electron chi connectivity index (χ1n) is 9.29. The predicted octanol–water partition coefficient (Wildman–Crippen LogP) is 2.91. The molecule has 1 aliphatic heterocycles. The lowest BCUT2D eigenvalue weighted by atomic mass is 9.94. The highest BCUT2D eigenvalue weighted by molar-refractivity contribution is 6.34. The summed E-state index contributed by atoms with van der Waals surface area (Å²) in [4.78, 5) is 4.75. The van der Waals surface area contributed by atoms with Crippen LogP contribution in [0.3, 0.4) is 0 Å². The van der Waals surface area contributed by atoms with Crippen molar-refractivity contribution in [3.8, 4) is 11.5 Å². The van der Waals surface area contributed by atoms with Gasteiger partial charge in [-0.1, -0.05) is 17.6 Å². The molecular formula is C21H26BFN2O2. The van der Waals surface area contributed by atoms with Gasteiger partial charge in [0.2, 0.25) is 0 Å². The number of anilines is 1. The van der Waals surface area contributed by atoms with E-state index in [1.165, 1.54) is 7.11 Å². The maximum atomic E-state index is 14.1. The van der Waals surface area contributed by atoms with Crippen molar-refractivity contribution in [1.82, 2.24) is 4.90 Å². The molecule has 0 bridgehead atoms. The molecule has 4 nitrogen and oxygen atoms in total. The van der Waals surface area contributed by atoms with Gasteiger partial charge < -0.3 is 14.4 Å².